The standard InChI is InChI=1S/C17H23N3O4/c1-19(2)9-13(21)11-24-14-6-4-12(5-7-14)8-15-17(23)20(3)10-16(22)18-15/h4-8,13,21H,9-11H2,1-3H3,(H,18,22). The van der Waals surface area contributed by atoms with Crippen LogP contribution in [0, 0.1) is 0 Å². The normalized spacial score (nSPS) is 18.0. The Labute approximate surface area is 141 Å². The van der Waals surface area contributed by atoms with Crippen molar-refractivity contribution in [1.29, 1.82) is 0 Å². The zero-order valence-corrected chi connectivity index (χ0v) is 14.2. The van der Waals surface area contributed by atoms with Gasteiger partial charge in [0.2, 0.25) is 5.91 Å². The Bertz CT molecular complexity index is 625. The van der Waals surface area contributed by atoms with Gasteiger partial charge in [0.05, 0.1) is 6.54 Å². The molecule has 1 unspecified atom stereocenters. The van der Waals surface area contributed by atoms with Crippen molar-refractivity contribution in [1.82, 2.24) is 15.1 Å². The number of carbonyl (C=O) groups is 2. The summed E-state index contributed by atoms with van der Waals surface area (Å²) in [5.74, 6) is 0.200. The zero-order chi connectivity index (χ0) is 17.7. The number of nitrogens with one attached hydrogen (secondary N) is 1. The average molecular weight is 333 g/mol. The zero-order valence-electron chi connectivity index (χ0n) is 14.2. The van der Waals surface area contributed by atoms with Gasteiger partial charge in [-0.2, -0.15) is 0 Å². The number of benzene rings is 1. The Morgan fingerprint density at radius 1 is 1.33 bits per heavy atom. The number of aliphatic hydroxyl groups is 1. The topological polar surface area (TPSA) is 82.1 Å². The van der Waals surface area contributed by atoms with Gasteiger partial charge in [-0.05, 0) is 37.9 Å². The Morgan fingerprint density at radius 3 is 2.62 bits per heavy atom. The van der Waals surface area contributed by atoms with Crippen molar-refractivity contribution in [3.63, 3.8) is 0 Å². The molecule has 1 saturated heterocycles. The Morgan fingerprint density at radius 2 is 2.00 bits per heavy atom. The number of ether oxygens (including phenoxy) is 1. The molecule has 0 aromatic heterocycles. The number of likely N-dealkylation sites (N-methyl/N-ethyl adjacent to an activating group) is 2. The second-order valence-electron chi connectivity index (χ2n) is 6.06. The van der Waals surface area contributed by atoms with Gasteiger partial charge in [-0.1, -0.05) is 12.1 Å². The van der Waals surface area contributed by atoms with E-state index in [2.05, 4.69) is 5.32 Å². The third-order valence-electron chi connectivity index (χ3n) is 3.44. The van der Waals surface area contributed by atoms with Crippen LogP contribution in [-0.2, 0) is 9.59 Å². The Kier molecular flexibility index (Phi) is 5.94. The summed E-state index contributed by atoms with van der Waals surface area (Å²) in [6, 6.07) is 7.09. The predicted molar refractivity (Wildman–Crippen MR) is 90.3 cm³/mol. The molecule has 24 heavy (non-hydrogen) atoms. The van der Waals surface area contributed by atoms with Crippen LogP contribution >= 0.6 is 0 Å². The molecular weight excluding hydrogens is 310 g/mol. The minimum atomic E-state index is -0.563. The first-order valence-electron chi connectivity index (χ1n) is 7.68. The molecule has 0 spiro atoms. The highest BCUT2D eigenvalue weighted by molar-refractivity contribution is 6.05. The number of amides is 2. The molecule has 0 aliphatic carbocycles. The fraction of sp³-hybridized carbons (Fsp3) is 0.412. The van der Waals surface area contributed by atoms with Crippen LogP contribution in [0.25, 0.3) is 6.08 Å². The van der Waals surface area contributed by atoms with Gasteiger partial charge >= 0.3 is 0 Å². The predicted octanol–water partition coefficient (Wildman–Crippen LogP) is -0.0830. The number of aliphatic hydroxyl groups excluding tert-OH is 1. The number of nitrogens with zero attached hydrogens (tertiary/aromatic N) is 2. The molecule has 1 fully saturated rings. The van der Waals surface area contributed by atoms with E-state index in [0.717, 1.165) is 5.56 Å². The van der Waals surface area contributed by atoms with Gasteiger partial charge in [-0.15, -0.1) is 0 Å². The third-order valence-corrected chi connectivity index (χ3v) is 3.44. The summed E-state index contributed by atoms with van der Waals surface area (Å²) in [7, 11) is 5.35. The van der Waals surface area contributed by atoms with E-state index in [1.54, 1.807) is 37.4 Å². The molecule has 2 rings (SSSR count). The molecule has 7 nitrogen and oxygen atoms in total. The number of hydrogen-bond donors (Lipinski definition) is 2. The van der Waals surface area contributed by atoms with E-state index < -0.39 is 6.10 Å². The van der Waals surface area contributed by atoms with Crippen LogP contribution in [0.1, 0.15) is 5.56 Å². The highest BCUT2D eigenvalue weighted by Crippen LogP contribution is 2.16. The lowest BCUT2D eigenvalue weighted by Gasteiger charge is -2.24. The summed E-state index contributed by atoms with van der Waals surface area (Å²) >= 11 is 0. The minimum absolute atomic E-state index is 0.0677. The van der Waals surface area contributed by atoms with E-state index in [1.807, 2.05) is 19.0 Å². The monoisotopic (exact) mass is 333 g/mol. The molecule has 1 aromatic rings. The van der Waals surface area contributed by atoms with Crippen molar-refractivity contribution in [3.05, 3.63) is 35.5 Å². The van der Waals surface area contributed by atoms with Crippen molar-refractivity contribution in [2.75, 3.05) is 40.8 Å². The van der Waals surface area contributed by atoms with Crippen LogP contribution in [0.3, 0.4) is 0 Å². The van der Waals surface area contributed by atoms with Crippen LogP contribution in [-0.4, -0.2) is 73.7 Å². The van der Waals surface area contributed by atoms with Crippen LogP contribution in [0.5, 0.6) is 5.75 Å². The second kappa shape index (κ2) is 7.94. The third kappa shape index (κ3) is 5.07. The maximum atomic E-state index is 12.0. The maximum Gasteiger partial charge on any atom is 0.270 e. The molecular formula is C17H23N3O4. The van der Waals surface area contributed by atoms with E-state index in [0.29, 0.717) is 12.3 Å². The van der Waals surface area contributed by atoms with Gasteiger partial charge in [-0.25, -0.2) is 0 Å². The van der Waals surface area contributed by atoms with Crippen molar-refractivity contribution in [3.8, 4) is 5.75 Å². The number of rotatable bonds is 6. The van der Waals surface area contributed by atoms with Crippen LogP contribution < -0.4 is 10.1 Å². The van der Waals surface area contributed by atoms with Crippen molar-refractivity contribution in [2.24, 2.45) is 0 Å². The molecule has 2 N–H and O–H groups in total. The summed E-state index contributed by atoms with van der Waals surface area (Å²) in [6.07, 6.45) is 1.06. The van der Waals surface area contributed by atoms with Gasteiger partial charge in [0.1, 0.15) is 24.2 Å². The molecule has 1 aliphatic heterocycles. The van der Waals surface area contributed by atoms with Crippen LogP contribution in [0.4, 0.5) is 0 Å². The molecule has 0 saturated carbocycles. The lowest BCUT2D eigenvalue weighted by Crippen LogP contribution is -2.47. The second-order valence-corrected chi connectivity index (χ2v) is 6.06. The van der Waals surface area contributed by atoms with Gasteiger partial charge in [-0.3, -0.25) is 9.59 Å². The lowest BCUT2D eigenvalue weighted by molar-refractivity contribution is -0.135. The average Bonchev–Trinajstić information content (AvgIpc) is 2.51. The number of hydrogen-bond acceptors (Lipinski definition) is 5. The maximum absolute atomic E-state index is 12.0. The quantitative estimate of drug-likeness (QED) is 0.712. The molecule has 1 heterocycles. The van der Waals surface area contributed by atoms with Gasteiger partial charge in [0, 0.05) is 13.6 Å². The molecule has 7 heteroatoms. The van der Waals surface area contributed by atoms with Crippen molar-refractivity contribution >= 4 is 17.9 Å². The van der Waals surface area contributed by atoms with Crippen LogP contribution in [0.2, 0.25) is 0 Å². The van der Waals surface area contributed by atoms with Gasteiger partial charge < -0.3 is 25.0 Å². The SMILES string of the molecule is CN(C)CC(O)COc1ccc(C=C2NC(=O)CN(C)C2=O)cc1. The van der Waals surface area contributed by atoms with E-state index >= 15 is 0 Å². The summed E-state index contributed by atoms with van der Waals surface area (Å²) in [6.45, 7) is 0.801. The largest absolute Gasteiger partial charge is 0.491 e. The van der Waals surface area contributed by atoms with Crippen molar-refractivity contribution in [2.45, 2.75) is 6.10 Å². The number of piperazine rings is 1. The first-order chi connectivity index (χ1) is 11.3. The molecule has 1 atom stereocenters. The van der Waals surface area contributed by atoms with Gasteiger partial charge in [0.15, 0.2) is 0 Å². The molecule has 1 aliphatic rings. The first-order valence-corrected chi connectivity index (χ1v) is 7.68. The highest BCUT2D eigenvalue weighted by Gasteiger charge is 2.24. The molecule has 0 bridgehead atoms. The fourth-order valence-corrected chi connectivity index (χ4v) is 2.33. The smallest absolute Gasteiger partial charge is 0.270 e. The van der Waals surface area contributed by atoms with Crippen LogP contribution in [0.15, 0.2) is 30.0 Å². The minimum Gasteiger partial charge on any atom is -0.491 e. The highest BCUT2D eigenvalue weighted by atomic mass is 16.5. The molecule has 0 radical (unpaired) electrons. The summed E-state index contributed by atoms with van der Waals surface area (Å²) in [5.41, 5.74) is 1.03. The fourth-order valence-electron chi connectivity index (χ4n) is 2.33. The summed E-state index contributed by atoms with van der Waals surface area (Å²) in [4.78, 5) is 26.8. The molecule has 130 valence electrons. The summed E-state index contributed by atoms with van der Waals surface area (Å²) < 4.78 is 5.53. The van der Waals surface area contributed by atoms with E-state index in [9.17, 15) is 14.7 Å². The number of carbonyl (C=O) groups excluding carboxylic acids is 2. The van der Waals surface area contributed by atoms with Gasteiger partial charge in [0.25, 0.3) is 5.91 Å². The van der Waals surface area contributed by atoms with E-state index in [4.69, 9.17) is 4.74 Å². The molecule has 2 amide bonds. The van der Waals surface area contributed by atoms with Crippen molar-refractivity contribution < 1.29 is 19.4 Å². The van der Waals surface area contributed by atoms with E-state index in [-0.39, 0.29) is 30.7 Å². The lowest BCUT2D eigenvalue weighted by atomic mass is 10.1. The Balaban J connectivity index is 1.98. The molecule has 1 aromatic carbocycles. The first kappa shape index (κ1) is 18.0. The summed E-state index contributed by atoms with van der Waals surface area (Å²) in [5, 5.41) is 12.4. The van der Waals surface area contributed by atoms with E-state index in [1.165, 1.54) is 4.90 Å². The Hall–Kier alpha value is -2.38.